The quantitative estimate of drug-likeness (QED) is 0.0199. The number of aryl methyl sites for hydroxylation is 2. The van der Waals surface area contributed by atoms with Crippen LogP contribution in [0, 0.1) is 56.2 Å². The number of aliphatic hydroxyl groups is 4. The molecular weight excluding hydrogens is 1440 g/mol. The van der Waals surface area contributed by atoms with Crippen molar-refractivity contribution in [3.8, 4) is 36.0 Å². The van der Waals surface area contributed by atoms with Crippen LogP contribution in [0.3, 0.4) is 0 Å². The number of nitriles is 4. The maximum absolute atomic E-state index is 10.2. The standard InChI is InChI=1S/C22H30N6O2.C22H30N6O.C20H26N6O2.C20H26N6O/c1-4-30-19-11-15(7-9-24-19)8-10-25-21-26-14-16(13-23)20(28-21)27-17-5-6-18(29)22(2,3)12-17;1-4-15-9-16(13-24-12-15)7-8-25-21-26-14-17(11-23)20(28-21)27-18-5-6-19(29)22(2,3)10-18;1-2-28-18-11-14(7-9-22-18)8-10-23-20-24-13-15(12-21)19(26-20)25-16-3-5-17(27)6-4-16;1-2-14-9-15(12-22-11-14)7-8-23-20-24-13-16(10-21)19(26-20)25-17-3-5-18(27)6-4-17/h7,9,11,14,17-18,29H,4-6,8,10,12H2,1-3H3,(H2,25,26,27,28);9,12-14,18-19,29H,4-8,10H2,1-3H3,(H2,25,26,27,28);7,9,11,13,16-17,27H,2-6,8,10H2,1H3,(H2,23,24,25,26);9,11-13,17-18,27H,2-8H2,1H3,(H2,23,24,25,26)/t17-,18+;18-,19+;;/m11../s1. The minimum Gasteiger partial charge on any atom is -0.478 e. The van der Waals surface area contributed by atoms with E-state index >= 15 is 0 Å². The van der Waals surface area contributed by atoms with E-state index < -0.39 is 0 Å². The molecule has 4 aliphatic carbocycles. The van der Waals surface area contributed by atoms with E-state index in [4.69, 9.17) is 9.47 Å². The first kappa shape index (κ1) is 86.7. The number of pyridine rings is 4. The number of nitrogens with zero attached hydrogens (tertiary/aromatic N) is 16. The first-order chi connectivity index (χ1) is 55.2. The van der Waals surface area contributed by atoms with E-state index in [1.165, 1.54) is 28.5 Å². The molecule has 0 unspecified atom stereocenters. The third-order valence-electron chi connectivity index (χ3n) is 20.8. The molecule has 0 amide bonds. The lowest BCUT2D eigenvalue weighted by molar-refractivity contribution is 0.00924. The van der Waals surface area contributed by atoms with Crippen molar-refractivity contribution >= 4 is 47.1 Å². The second kappa shape index (κ2) is 44.2. The Labute approximate surface area is 669 Å². The zero-order valence-corrected chi connectivity index (χ0v) is 67.0. The van der Waals surface area contributed by atoms with Gasteiger partial charge in [-0.1, -0.05) is 53.7 Å². The SMILES string of the molecule is CCOc1cc(CCNc2ncc(C#N)c(NC3CCC(O)CC3)n2)ccn1.CCOc1cc(CCNc2ncc(C#N)c(N[C@@H]3CC[C@H](O)C(C)(C)C3)n2)ccn1.CCc1cncc(CCNc2ncc(C#N)c(NC3CCC(O)CC3)n2)c1.CCc1cncc(CCNc2ncc(C#N)c(N[C@@H]3CC[C@H](O)C(C)(C)C3)n2)c1. The van der Waals surface area contributed by atoms with E-state index in [9.17, 15) is 41.5 Å². The molecule has 4 fully saturated rings. The Morgan fingerprint density at radius 3 is 0.974 bits per heavy atom. The maximum Gasteiger partial charge on any atom is 0.224 e. The third-order valence-corrected chi connectivity index (χ3v) is 20.8. The summed E-state index contributed by atoms with van der Waals surface area (Å²) in [5.74, 6) is 5.41. The number of hydrogen-bond donors (Lipinski definition) is 12. The van der Waals surface area contributed by atoms with Crippen molar-refractivity contribution in [1.82, 2.24) is 59.8 Å². The summed E-state index contributed by atoms with van der Waals surface area (Å²) in [5.41, 5.74) is 8.41. The van der Waals surface area contributed by atoms with E-state index in [-0.39, 0.29) is 59.4 Å². The molecule has 12 N–H and O–H groups in total. The molecule has 114 heavy (non-hydrogen) atoms. The maximum atomic E-state index is 10.2. The van der Waals surface area contributed by atoms with Gasteiger partial charge in [0.05, 0.1) is 62.4 Å². The Hall–Kier alpha value is -11.3. The summed E-state index contributed by atoms with van der Waals surface area (Å²) in [6.07, 6.45) is 32.7. The van der Waals surface area contributed by atoms with Gasteiger partial charge in [0.1, 0.15) is 69.8 Å². The van der Waals surface area contributed by atoms with E-state index in [2.05, 4.69) is 180 Å². The minimum atomic E-state index is -0.301. The average Bonchev–Trinajstić information content (AvgIpc) is 0.822. The van der Waals surface area contributed by atoms with Crippen molar-refractivity contribution in [1.29, 1.82) is 21.0 Å². The first-order valence-corrected chi connectivity index (χ1v) is 40.0. The van der Waals surface area contributed by atoms with Gasteiger partial charge >= 0.3 is 0 Å². The zero-order chi connectivity index (χ0) is 81.2. The van der Waals surface area contributed by atoms with Crippen LogP contribution in [0.5, 0.6) is 11.8 Å². The van der Waals surface area contributed by atoms with Crippen molar-refractivity contribution in [2.45, 2.75) is 232 Å². The van der Waals surface area contributed by atoms with Crippen molar-refractivity contribution in [2.24, 2.45) is 10.8 Å². The van der Waals surface area contributed by atoms with Gasteiger partial charge in [-0.25, -0.2) is 29.9 Å². The van der Waals surface area contributed by atoms with E-state index in [1.54, 1.807) is 31.0 Å². The lowest BCUT2D eigenvalue weighted by atomic mass is 9.73. The molecule has 12 rings (SSSR count). The van der Waals surface area contributed by atoms with Crippen LogP contribution in [0.15, 0.2) is 98.4 Å². The number of ether oxygens (including phenoxy) is 2. The van der Waals surface area contributed by atoms with Gasteiger partial charge in [-0.05, 0) is 199 Å². The molecule has 604 valence electrons. The summed E-state index contributed by atoms with van der Waals surface area (Å²) >= 11 is 0. The number of nitrogens with one attached hydrogen (secondary N) is 8. The summed E-state index contributed by atoms with van der Waals surface area (Å²) < 4.78 is 10.9. The van der Waals surface area contributed by atoms with Gasteiger partial charge in [0.2, 0.25) is 35.6 Å². The van der Waals surface area contributed by atoms with Gasteiger partial charge in [-0.2, -0.15) is 41.0 Å². The fourth-order valence-electron chi connectivity index (χ4n) is 14.0. The highest BCUT2D eigenvalue weighted by atomic mass is 16.5. The van der Waals surface area contributed by atoms with Crippen molar-refractivity contribution in [3.05, 3.63) is 154 Å². The van der Waals surface area contributed by atoms with Crippen LogP contribution < -0.4 is 52.0 Å². The largest absolute Gasteiger partial charge is 0.478 e. The second-order valence-corrected chi connectivity index (χ2v) is 30.5. The molecule has 0 bridgehead atoms. The van der Waals surface area contributed by atoms with Gasteiger partial charge in [0, 0.05) is 99.7 Å². The molecule has 4 atom stereocenters. The summed E-state index contributed by atoms with van der Waals surface area (Å²) in [4.78, 5) is 51.9. The van der Waals surface area contributed by atoms with E-state index in [0.29, 0.717) is 120 Å². The number of aromatic nitrogens is 12. The Balaban J connectivity index is 0.000000174. The normalized spacial score (nSPS) is 19.8. The molecule has 30 heteroatoms. The molecular formula is C84H112N24O6. The average molecular weight is 1550 g/mol. The minimum absolute atomic E-state index is 0.155. The molecule has 0 radical (unpaired) electrons. The van der Waals surface area contributed by atoms with Gasteiger partial charge in [-0.15, -0.1) is 0 Å². The lowest BCUT2D eigenvalue weighted by Gasteiger charge is -2.40. The van der Waals surface area contributed by atoms with Gasteiger partial charge in [-0.3, -0.25) is 9.97 Å². The second-order valence-electron chi connectivity index (χ2n) is 30.5. The first-order valence-electron chi connectivity index (χ1n) is 40.0. The van der Waals surface area contributed by atoms with Crippen LogP contribution in [-0.2, 0) is 38.5 Å². The smallest absolute Gasteiger partial charge is 0.224 e. The molecule has 30 nitrogen and oxygen atoms in total. The predicted molar refractivity (Wildman–Crippen MR) is 440 cm³/mol. The Morgan fingerprint density at radius 1 is 0.377 bits per heavy atom. The molecule has 0 spiro atoms. The Kier molecular flexibility index (Phi) is 33.6. The van der Waals surface area contributed by atoms with Gasteiger partial charge < -0.3 is 72.4 Å². The topological polar surface area (TPSA) is 445 Å². The highest BCUT2D eigenvalue weighted by Crippen LogP contribution is 2.39. The number of anilines is 8. The highest BCUT2D eigenvalue weighted by Gasteiger charge is 2.37. The Bertz CT molecular complexity index is 4510. The van der Waals surface area contributed by atoms with Crippen molar-refractivity contribution in [2.75, 3.05) is 81.9 Å². The number of aliphatic hydroxyl groups excluding tert-OH is 4. The fourth-order valence-corrected chi connectivity index (χ4v) is 14.0. The predicted octanol–water partition coefficient (Wildman–Crippen LogP) is 11.6. The third kappa shape index (κ3) is 27.5. The zero-order valence-electron chi connectivity index (χ0n) is 67.0. The summed E-state index contributed by atoms with van der Waals surface area (Å²) in [6, 6.07) is 21.5. The van der Waals surface area contributed by atoms with E-state index in [1.807, 2.05) is 62.9 Å². The molecule has 8 heterocycles. The van der Waals surface area contributed by atoms with Crippen LogP contribution in [0.4, 0.5) is 47.1 Å². The van der Waals surface area contributed by atoms with Crippen LogP contribution in [-0.4, -0.2) is 168 Å². The van der Waals surface area contributed by atoms with Gasteiger partial charge in [0.15, 0.2) is 0 Å². The summed E-state index contributed by atoms with van der Waals surface area (Å²) in [7, 11) is 0. The van der Waals surface area contributed by atoms with E-state index in [0.717, 1.165) is 140 Å². The molecule has 8 aromatic heterocycles. The monoisotopic (exact) mass is 1550 g/mol. The number of rotatable bonds is 30. The van der Waals surface area contributed by atoms with Crippen LogP contribution in [0.1, 0.15) is 201 Å². The Morgan fingerprint density at radius 2 is 0.675 bits per heavy atom. The van der Waals surface area contributed by atoms with Crippen molar-refractivity contribution in [3.63, 3.8) is 0 Å². The summed E-state index contributed by atoms with van der Waals surface area (Å²) in [6.45, 7) is 20.2. The van der Waals surface area contributed by atoms with Crippen LogP contribution >= 0.6 is 0 Å². The molecule has 4 saturated carbocycles. The molecule has 0 aromatic carbocycles. The molecule has 4 aliphatic rings. The molecule has 8 aromatic rings. The lowest BCUT2D eigenvalue weighted by Crippen LogP contribution is -2.41. The number of hydrogen-bond acceptors (Lipinski definition) is 30. The summed E-state index contributed by atoms with van der Waals surface area (Å²) in [5, 5.41) is 104. The highest BCUT2D eigenvalue weighted by molar-refractivity contribution is 5.57. The molecule has 0 saturated heterocycles. The van der Waals surface area contributed by atoms with Crippen molar-refractivity contribution < 1.29 is 29.9 Å². The van der Waals surface area contributed by atoms with Crippen LogP contribution in [0.2, 0.25) is 0 Å². The fraction of sp³-hybridized carbons (Fsp3) is 0.524. The van der Waals surface area contributed by atoms with Crippen LogP contribution in [0.25, 0.3) is 0 Å². The van der Waals surface area contributed by atoms with Gasteiger partial charge in [0.25, 0.3) is 0 Å². The molecule has 0 aliphatic heterocycles.